The second-order valence-electron chi connectivity index (χ2n) is 3.46. The summed E-state index contributed by atoms with van der Waals surface area (Å²) in [6.07, 6.45) is 2.20. The Morgan fingerprint density at radius 3 is 2.27 bits per heavy atom. The Kier molecular flexibility index (Phi) is 13.7. The lowest BCUT2D eigenvalue weighted by Gasteiger charge is -2.06. The molecule has 0 aromatic heterocycles. The first kappa shape index (κ1) is 14.8. The molecule has 15 heavy (non-hydrogen) atoms. The van der Waals surface area contributed by atoms with Gasteiger partial charge in [-0.25, -0.2) is 0 Å². The fraction of sp³-hybridized carbons (Fsp3) is 1.00. The Morgan fingerprint density at radius 1 is 0.867 bits per heavy atom. The van der Waals surface area contributed by atoms with E-state index in [0.717, 1.165) is 58.8 Å². The molecule has 0 heterocycles. The minimum absolute atomic E-state index is 0.783. The normalized spacial score (nSPS) is 10.8. The quantitative estimate of drug-likeness (QED) is 0.472. The fourth-order valence-electron chi connectivity index (χ4n) is 1.15. The van der Waals surface area contributed by atoms with Crippen molar-refractivity contribution in [2.45, 2.75) is 19.8 Å². The van der Waals surface area contributed by atoms with E-state index < -0.39 is 0 Å². The van der Waals surface area contributed by atoms with Crippen LogP contribution in [0, 0.1) is 0 Å². The van der Waals surface area contributed by atoms with Gasteiger partial charge in [-0.15, -0.1) is 0 Å². The van der Waals surface area contributed by atoms with Gasteiger partial charge in [0.15, 0.2) is 0 Å². The molecule has 2 N–H and O–H groups in total. The highest BCUT2D eigenvalue weighted by Crippen LogP contribution is 1.83. The van der Waals surface area contributed by atoms with Crippen molar-refractivity contribution in [1.29, 1.82) is 0 Å². The molecule has 4 heteroatoms. The van der Waals surface area contributed by atoms with Crippen molar-refractivity contribution in [3.05, 3.63) is 0 Å². The third-order valence-electron chi connectivity index (χ3n) is 1.95. The van der Waals surface area contributed by atoms with E-state index in [-0.39, 0.29) is 0 Å². The highest BCUT2D eigenvalue weighted by Gasteiger charge is 1.89. The van der Waals surface area contributed by atoms with Gasteiger partial charge in [0.05, 0.1) is 6.61 Å². The number of rotatable bonds is 12. The van der Waals surface area contributed by atoms with E-state index in [2.05, 4.69) is 17.6 Å². The van der Waals surface area contributed by atoms with Crippen LogP contribution in [0.3, 0.4) is 0 Å². The molecule has 0 radical (unpaired) electrons. The van der Waals surface area contributed by atoms with E-state index in [1.54, 1.807) is 7.11 Å². The van der Waals surface area contributed by atoms with Crippen LogP contribution in [0.1, 0.15) is 19.8 Å². The fourth-order valence-corrected chi connectivity index (χ4v) is 1.15. The lowest BCUT2D eigenvalue weighted by atomic mass is 10.4. The average Bonchev–Trinajstić information content (AvgIpc) is 2.26. The molecule has 0 saturated heterocycles. The molecule has 0 spiro atoms. The van der Waals surface area contributed by atoms with E-state index in [9.17, 15) is 0 Å². The van der Waals surface area contributed by atoms with Crippen molar-refractivity contribution in [2.24, 2.45) is 0 Å². The first-order valence-electron chi connectivity index (χ1n) is 5.90. The van der Waals surface area contributed by atoms with Gasteiger partial charge in [0.2, 0.25) is 0 Å². The van der Waals surface area contributed by atoms with Gasteiger partial charge < -0.3 is 20.1 Å². The molecule has 0 aliphatic rings. The van der Waals surface area contributed by atoms with E-state index in [0.29, 0.717) is 0 Å². The van der Waals surface area contributed by atoms with Crippen LogP contribution in [0.15, 0.2) is 0 Å². The SMILES string of the molecule is CCCOCCCNCCNCCOC. The summed E-state index contributed by atoms with van der Waals surface area (Å²) in [6.45, 7) is 8.65. The highest BCUT2D eigenvalue weighted by molar-refractivity contribution is 4.51. The van der Waals surface area contributed by atoms with E-state index >= 15 is 0 Å². The van der Waals surface area contributed by atoms with Crippen LogP contribution in [-0.2, 0) is 9.47 Å². The average molecular weight is 218 g/mol. The summed E-state index contributed by atoms with van der Waals surface area (Å²) in [5.74, 6) is 0. The zero-order valence-electron chi connectivity index (χ0n) is 10.2. The summed E-state index contributed by atoms with van der Waals surface area (Å²) >= 11 is 0. The second kappa shape index (κ2) is 13.8. The molecule has 0 aromatic carbocycles. The minimum atomic E-state index is 0.783. The zero-order chi connectivity index (χ0) is 11.2. The van der Waals surface area contributed by atoms with Gasteiger partial charge >= 0.3 is 0 Å². The predicted octanol–water partition coefficient (Wildman–Crippen LogP) is 0.629. The van der Waals surface area contributed by atoms with Crippen LogP contribution in [0.25, 0.3) is 0 Å². The molecular weight excluding hydrogens is 192 g/mol. The first-order valence-corrected chi connectivity index (χ1v) is 5.90. The Hall–Kier alpha value is -0.160. The number of ether oxygens (including phenoxy) is 2. The smallest absolute Gasteiger partial charge is 0.0587 e. The summed E-state index contributed by atoms with van der Waals surface area (Å²) in [6, 6.07) is 0. The Bertz CT molecular complexity index is 101. The minimum Gasteiger partial charge on any atom is -0.383 e. The maximum atomic E-state index is 5.37. The number of nitrogens with one attached hydrogen (secondary N) is 2. The summed E-state index contributed by atoms with van der Waals surface area (Å²) in [7, 11) is 1.72. The van der Waals surface area contributed by atoms with E-state index in [4.69, 9.17) is 9.47 Å². The second-order valence-corrected chi connectivity index (χ2v) is 3.46. The summed E-state index contributed by atoms with van der Waals surface area (Å²) in [5, 5.41) is 6.63. The predicted molar refractivity (Wildman–Crippen MR) is 63.3 cm³/mol. The Morgan fingerprint density at radius 2 is 1.60 bits per heavy atom. The molecule has 0 atom stereocenters. The van der Waals surface area contributed by atoms with Crippen molar-refractivity contribution in [3.8, 4) is 0 Å². The summed E-state index contributed by atoms with van der Waals surface area (Å²) in [4.78, 5) is 0. The molecule has 0 bridgehead atoms. The molecular formula is C11H26N2O2. The number of methoxy groups -OCH3 is 1. The maximum Gasteiger partial charge on any atom is 0.0587 e. The van der Waals surface area contributed by atoms with Crippen molar-refractivity contribution < 1.29 is 9.47 Å². The number of hydrogen-bond donors (Lipinski definition) is 2. The van der Waals surface area contributed by atoms with Crippen molar-refractivity contribution in [3.63, 3.8) is 0 Å². The largest absolute Gasteiger partial charge is 0.383 e. The van der Waals surface area contributed by atoms with Gasteiger partial charge in [0.25, 0.3) is 0 Å². The van der Waals surface area contributed by atoms with Crippen LogP contribution in [0.5, 0.6) is 0 Å². The van der Waals surface area contributed by atoms with Crippen LogP contribution >= 0.6 is 0 Å². The standard InChI is InChI=1S/C11H26N2O2/c1-3-9-15-10-4-5-12-6-7-13-8-11-14-2/h12-13H,3-11H2,1-2H3. The van der Waals surface area contributed by atoms with Crippen LogP contribution < -0.4 is 10.6 Å². The summed E-state index contributed by atoms with van der Waals surface area (Å²) < 4.78 is 10.3. The van der Waals surface area contributed by atoms with Crippen molar-refractivity contribution in [1.82, 2.24) is 10.6 Å². The van der Waals surface area contributed by atoms with Gasteiger partial charge in [-0.1, -0.05) is 6.92 Å². The van der Waals surface area contributed by atoms with Gasteiger partial charge in [-0.2, -0.15) is 0 Å². The molecule has 0 unspecified atom stereocenters. The topological polar surface area (TPSA) is 42.5 Å². The molecule has 0 rings (SSSR count). The Labute approximate surface area is 93.7 Å². The summed E-state index contributed by atoms with van der Waals surface area (Å²) in [5.41, 5.74) is 0. The third kappa shape index (κ3) is 13.8. The first-order chi connectivity index (χ1) is 7.41. The van der Waals surface area contributed by atoms with Gasteiger partial charge in [0, 0.05) is 40.0 Å². The molecule has 0 aliphatic heterocycles. The van der Waals surface area contributed by atoms with E-state index in [1.165, 1.54) is 0 Å². The molecule has 4 nitrogen and oxygen atoms in total. The number of hydrogen-bond acceptors (Lipinski definition) is 4. The molecule has 0 amide bonds. The molecule has 92 valence electrons. The molecule has 0 saturated carbocycles. The van der Waals surface area contributed by atoms with E-state index in [1.807, 2.05) is 0 Å². The zero-order valence-corrected chi connectivity index (χ0v) is 10.2. The van der Waals surface area contributed by atoms with Gasteiger partial charge in [-0.05, 0) is 19.4 Å². The molecule has 0 aromatic rings. The third-order valence-corrected chi connectivity index (χ3v) is 1.95. The molecule has 0 fully saturated rings. The van der Waals surface area contributed by atoms with Gasteiger partial charge in [-0.3, -0.25) is 0 Å². The van der Waals surface area contributed by atoms with Crippen LogP contribution in [0.2, 0.25) is 0 Å². The maximum absolute atomic E-state index is 5.37. The van der Waals surface area contributed by atoms with Crippen LogP contribution in [-0.4, -0.2) is 53.1 Å². The molecule has 0 aliphatic carbocycles. The van der Waals surface area contributed by atoms with Gasteiger partial charge in [0.1, 0.15) is 0 Å². The lowest BCUT2D eigenvalue weighted by molar-refractivity contribution is 0.132. The van der Waals surface area contributed by atoms with Crippen molar-refractivity contribution >= 4 is 0 Å². The monoisotopic (exact) mass is 218 g/mol. The highest BCUT2D eigenvalue weighted by atomic mass is 16.5. The Balaban J connectivity index is 2.81. The van der Waals surface area contributed by atoms with Crippen molar-refractivity contribution in [2.75, 3.05) is 53.1 Å². The van der Waals surface area contributed by atoms with Crippen LogP contribution in [0.4, 0.5) is 0 Å². The lowest BCUT2D eigenvalue weighted by Crippen LogP contribution is -2.30.